The summed E-state index contributed by atoms with van der Waals surface area (Å²) in [6.45, 7) is 5.16. The molecule has 2 aromatic heterocycles. The Hall–Kier alpha value is -2.20. The molecule has 3 heterocycles. The molecule has 0 aliphatic carbocycles. The molecule has 3 rings (SSSR count). The smallest absolute Gasteiger partial charge is 0.356 e. The zero-order chi connectivity index (χ0) is 17.5. The predicted molar refractivity (Wildman–Crippen MR) is 84.0 cm³/mol. The number of aromatic nitrogens is 4. The van der Waals surface area contributed by atoms with E-state index in [1.165, 1.54) is 16.6 Å². The molecule has 10 heteroatoms. The van der Waals surface area contributed by atoms with Crippen LogP contribution in [0.15, 0.2) is 17.2 Å². The summed E-state index contributed by atoms with van der Waals surface area (Å²) in [5.74, 6) is -1.12. The molecule has 1 aliphatic rings. The summed E-state index contributed by atoms with van der Waals surface area (Å²) in [6.07, 6.45) is 1.94. The molecule has 2 aromatic rings. The first-order valence-corrected chi connectivity index (χ1v) is 9.11. The van der Waals surface area contributed by atoms with Crippen LogP contribution < -0.4 is 0 Å². The van der Waals surface area contributed by atoms with Gasteiger partial charge in [0.15, 0.2) is 5.69 Å². The van der Waals surface area contributed by atoms with Gasteiger partial charge in [0.05, 0.1) is 24.1 Å². The molecular weight excluding hydrogens is 334 g/mol. The molecule has 9 nitrogen and oxygen atoms in total. The van der Waals surface area contributed by atoms with E-state index in [9.17, 15) is 13.2 Å². The Labute approximate surface area is 139 Å². The summed E-state index contributed by atoms with van der Waals surface area (Å²) in [6, 6.07) is 1.43. The first-order valence-electron chi connectivity index (χ1n) is 7.67. The van der Waals surface area contributed by atoms with Gasteiger partial charge in [0.1, 0.15) is 4.90 Å². The number of carboxylic acids is 1. The Balaban J connectivity index is 1.96. The van der Waals surface area contributed by atoms with Crippen LogP contribution in [0.25, 0.3) is 0 Å². The third-order valence-corrected chi connectivity index (χ3v) is 6.12. The highest BCUT2D eigenvalue weighted by atomic mass is 32.2. The quantitative estimate of drug-likeness (QED) is 0.866. The van der Waals surface area contributed by atoms with Crippen molar-refractivity contribution in [2.75, 3.05) is 6.54 Å². The van der Waals surface area contributed by atoms with Crippen molar-refractivity contribution in [1.82, 2.24) is 23.9 Å². The van der Waals surface area contributed by atoms with Crippen LogP contribution in [0.4, 0.5) is 0 Å². The van der Waals surface area contributed by atoms with Crippen LogP contribution >= 0.6 is 0 Å². The Morgan fingerprint density at radius 2 is 2.12 bits per heavy atom. The van der Waals surface area contributed by atoms with Crippen LogP contribution in [-0.4, -0.2) is 49.9 Å². The minimum Gasteiger partial charge on any atom is -0.476 e. The summed E-state index contributed by atoms with van der Waals surface area (Å²) in [5.41, 5.74) is 1.11. The van der Waals surface area contributed by atoms with Crippen molar-refractivity contribution in [3.05, 3.63) is 29.3 Å². The number of sulfonamides is 1. The van der Waals surface area contributed by atoms with E-state index in [0.29, 0.717) is 37.4 Å². The zero-order valence-corrected chi connectivity index (χ0v) is 14.3. The fraction of sp³-hybridized carbons (Fsp3) is 0.500. The Bertz CT molecular complexity index is 883. The molecule has 0 bridgehead atoms. The minimum absolute atomic E-state index is 0.0702. The second-order valence-corrected chi connectivity index (χ2v) is 7.56. The van der Waals surface area contributed by atoms with Gasteiger partial charge in [-0.05, 0) is 26.3 Å². The fourth-order valence-corrected chi connectivity index (χ4v) is 4.49. The molecule has 0 saturated carbocycles. The van der Waals surface area contributed by atoms with Crippen LogP contribution in [0.1, 0.15) is 35.2 Å². The van der Waals surface area contributed by atoms with Crippen LogP contribution in [-0.2, 0) is 29.7 Å². The van der Waals surface area contributed by atoms with Crippen molar-refractivity contribution in [3.8, 4) is 0 Å². The monoisotopic (exact) mass is 353 g/mol. The number of aryl methyl sites for hydroxylation is 2. The molecule has 0 fully saturated rings. The predicted octanol–water partition coefficient (Wildman–Crippen LogP) is 0.701. The number of hydrogen-bond acceptors (Lipinski definition) is 5. The molecular formula is C14H19N5O4S. The van der Waals surface area contributed by atoms with E-state index in [4.69, 9.17) is 5.11 Å². The Morgan fingerprint density at radius 3 is 2.75 bits per heavy atom. The number of rotatable bonds is 4. The van der Waals surface area contributed by atoms with E-state index in [-0.39, 0.29) is 17.1 Å². The summed E-state index contributed by atoms with van der Waals surface area (Å²) >= 11 is 0. The van der Waals surface area contributed by atoms with Gasteiger partial charge in [-0.2, -0.15) is 14.5 Å². The topological polar surface area (TPSA) is 110 Å². The normalized spacial score (nSPS) is 15.9. The highest BCUT2D eigenvalue weighted by Crippen LogP contribution is 2.24. The molecule has 0 aromatic carbocycles. The van der Waals surface area contributed by atoms with Crippen LogP contribution in [0.2, 0.25) is 0 Å². The van der Waals surface area contributed by atoms with Gasteiger partial charge < -0.3 is 5.11 Å². The van der Waals surface area contributed by atoms with Gasteiger partial charge in [-0.25, -0.2) is 13.2 Å². The van der Waals surface area contributed by atoms with E-state index in [1.54, 1.807) is 16.3 Å². The van der Waals surface area contributed by atoms with E-state index in [1.807, 2.05) is 6.92 Å². The molecule has 0 radical (unpaired) electrons. The van der Waals surface area contributed by atoms with Gasteiger partial charge in [-0.3, -0.25) is 9.36 Å². The molecule has 130 valence electrons. The molecule has 24 heavy (non-hydrogen) atoms. The van der Waals surface area contributed by atoms with Crippen LogP contribution in [0.5, 0.6) is 0 Å². The summed E-state index contributed by atoms with van der Waals surface area (Å²) < 4.78 is 30.5. The Morgan fingerprint density at radius 1 is 1.38 bits per heavy atom. The van der Waals surface area contributed by atoms with Gasteiger partial charge >= 0.3 is 5.97 Å². The average molecular weight is 353 g/mol. The van der Waals surface area contributed by atoms with Gasteiger partial charge in [0, 0.05) is 19.6 Å². The highest BCUT2D eigenvalue weighted by molar-refractivity contribution is 7.89. The van der Waals surface area contributed by atoms with Gasteiger partial charge in [0.25, 0.3) is 0 Å². The molecule has 0 spiro atoms. The number of hydrogen-bond donors (Lipinski definition) is 1. The summed E-state index contributed by atoms with van der Waals surface area (Å²) in [7, 11) is -3.70. The largest absolute Gasteiger partial charge is 0.476 e. The van der Waals surface area contributed by atoms with E-state index >= 15 is 0 Å². The maximum Gasteiger partial charge on any atom is 0.356 e. The van der Waals surface area contributed by atoms with Crippen molar-refractivity contribution in [2.45, 2.75) is 44.8 Å². The van der Waals surface area contributed by atoms with E-state index in [0.717, 1.165) is 0 Å². The van der Waals surface area contributed by atoms with Crippen LogP contribution in [0, 0.1) is 6.92 Å². The third-order valence-electron chi connectivity index (χ3n) is 4.17. The molecule has 0 unspecified atom stereocenters. The lowest BCUT2D eigenvalue weighted by Crippen LogP contribution is -2.31. The van der Waals surface area contributed by atoms with Crippen molar-refractivity contribution < 1.29 is 18.3 Å². The summed E-state index contributed by atoms with van der Waals surface area (Å²) in [4.78, 5) is 11.3. The lowest BCUT2D eigenvalue weighted by atomic mass is 10.3. The highest BCUT2D eigenvalue weighted by Gasteiger charge is 2.31. The van der Waals surface area contributed by atoms with Crippen molar-refractivity contribution in [3.63, 3.8) is 0 Å². The minimum atomic E-state index is -3.70. The molecule has 0 amide bonds. The third kappa shape index (κ3) is 2.71. The number of fused-ring (bicyclic) bond motifs is 1. The zero-order valence-electron chi connectivity index (χ0n) is 13.5. The molecule has 1 N–H and O–H groups in total. The van der Waals surface area contributed by atoms with Crippen LogP contribution in [0.3, 0.4) is 0 Å². The fourth-order valence-electron chi connectivity index (χ4n) is 2.88. The van der Waals surface area contributed by atoms with Crippen molar-refractivity contribution in [1.29, 1.82) is 0 Å². The second-order valence-electron chi connectivity index (χ2n) is 5.65. The molecule has 1 aliphatic heterocycles. The van der Waals surface area contributed by atoms with Gasteiger partial charge in [-0.1, -0.05) is 0 Å². The first-order chi connectivity index (χ1) is 11.3. The maximum atomic E-state index is 13.0. The average Bonchev–Trinajstić information content (AvgIpc) is 3.04. The SMILES string of the molecule is CCn1ncc(S(=O)(=O)N2CCCn3nc(C(=O)O)cc3C2)c1C. The van der Waals surface area contributed by atoms with Crippen molar-refractivity contribution >= 4 is 16.0 Å². The number of carboxylic acid groups (broad SMARTS) is 1. The molecule has 0 saturated heterocycles. The number of nitrogens with zero attached hydrogens (tertiary/aromatic N) is 5. The lowest BCUT2D eigenvalue weighted by molar-refractivity contribution is 0.0689. The lowest BCUT2D eigenvalue weighted by Gasteiger charge is -2.19. The first kappa shape index (κ1) is 16.7. The van der Waals surface area contributed by atoms with E-state index in [2.05, 4.69) is 10.2 Å². The number of carbonyl (C=O) groups is 1. The van der Waals surface area contributed by atoms with Crippen molar-refractivity contribution in [2.24, 2.45) is 0 Å². The maximum absolute atomic E-state index is 13.0. The van der Waals surface area contributed by atoms with Gasteiger partial charge in [-0.15, -0.1) is 0 Å². The second kappa shape index (κ2) is 6.02. The number of aromatic carboxylic acids is 1. The summed E-state index contributed by atoms with van der Waals surface area (Å²) in [5, 5.41) is 17.2. The Kier molecular flexibility index (Phi) is 4.18. The molecule has 0 atom stereocenters. The van der Waals surface area contributed by atoms with E-state index < -0.39 is 16.0 Å². The standard InChI is InChI=1S/C14H19N5O4S/c1-3-18-10(2)13(8-15-18)24(22,23)17-5-4-6-19-11(9-17)7-12(16-19)14(20)21/h7-8H,3-6,9H2,1-2H3,(H,20,21). The van der Waals surface area contributed by atoms with Gasteiger partial charge in [0.2, 0.25) is 10.0 Å².